The maximum atomic E-state index is 12.2. The van der Waals surface area contributed by atoms with Crippen molar-refractivity contribution in [3.63, 3.8) is 0 Å². The maximum absolute atomic E-state index is 12.2. The molecule has 1 rings (SSSR count). The van der Waals surface area contributed by atoms with Crippen molar-refractivity contribution in [2.24, 2.45) is 5.41 Å². The summed E-state index contributed by atoms with van der Waals surface area (Å²) in [6, 6.07) is 7.41. The third kappa shape index (κ3) is 3.58. The van der Waals surface area contributed by atoms with Crippen LogP contribution in [0, 0.1) is 5.41 Å². The molecule has 0 atom stereocenters. The fourth-order valence-corrected chi connectivity index (χ4v) is 1.51. The summed E-state index contributed by atoms with van der Waals surface area (Å²) in [5.74, 6) is 1.00. The smallest absolute Gasteiger partial charge is 0.168 e. The summed E-state index contributed by atoms with van der Waals surface area (Å²) in [5, 5.41) is 0. The Labute approximate surface area is 104 Å². The van der Waals surface area contributed by atoms with Crippen molar-refractivity contribution in [1.82, 2.24) is 0 Å². The Morgan fingerprint density at radius 1 is 1.24 bits per heavy atom. The van der Waals surface area contributed by atoms with Gasteiger partial charge < -0.3 is 4.74 Å². The Bertz CT molecular complexity index is 374. The highest BCUT2D eigenvalue weighted by atomic mass is 16.5. The highest BCUT2D eigenvalue weighted by Gasteiger charge is 2.26. The number of ether oxygens (including phenoxy) is 1. The van der Waals surface area contributed by atoms with Crippen LogP contribution in [0.1, 0.15) is 51.4 Å². The van der Waals surface area contributed by atoms with Crippen LogP contribution in [0.25, 0.3) is 0 Å². The summed E-state index contributed by atoms with van der Waals surface area (Å²) in [6.45, 7) is 9.97. The Balaban J connectivity index is 2.84. The minimum Gasteiger partial charge on any atom is -0.491 e. The first-order chi connectivity index (χ1) is 7.86. The Hall–Kier alpha value is -1.31. The molecule has 2 nitrogen and oxygen atoms in total. The van der Waals surface area contributed by atoms with Crippen molar-refractivity contribution < 1.29 is 9.53 Å². The minimum absolute atomic E-state index is 0.156. The number of rotatable bonds is 5. The molecule has 0 aromatic heterocycles. The van der Waals surface area contributed by atoms with Gasteiger partial charge in [-0.2, -0.15) is 0 Å². The molecule has 0 saturated carbocycles. The highest BCUT2D eigenvalue weighted by Crippen LogP contribution is 2.26. The van der Waals surface area contributed by atoms with E-state index in [1.807, 2.05) is 58.9 Å². The third-order valence-electron chi connectivity index (χ3n) is 2.99. The molecule has 2 heteroatoms. The molecule has 94 valence electrons. The normalized spacial score (nSPS) is 11.6. The summed E-state index contributed by atoms with van der Waals surface area (Å²) >= 11 is 0. The van der Waals surface area contributed by atoms with Gasteiger partial charge in [0, 0.05) is 11.0 Å². The number of ketones is 1. The largest absolute Gasteiger partial charge is 0.491 e. The van der Waals surface area contributed by atoms with E-state index >= 15 is 0 Å². The number of hydrogen-bond acceptors (Lipinski definition) is 2. The van der Waals surface area contributed by atoms with Crippen molar-refractivity contribution >= 4 is 5.78 Å². The zero-order chi connectivity index (χ0) is 13.1. The lowest BCUT2D eigenvalue weighted by molar-refractivity contribution is 0.0833. The quantitative estimate of drug-likeness (QED) is 0.717. The SMILES string of the molecule is CCC(C)(C)C(=O)c1ccc(OC(C)C)cc1. The number of hydrogen-bond donors (Lipinski definition) is 0. The van der Waals surface area contributed by atoms with Gasteiger partial charge in [-0.1, -0.05) is 20.8 Å². The molecule has 0 amide bonds. The van der Waals surface area contributed by atoms with Crippen LogP contribution in [0.4, 0.5) is 0 Å². The lowest BCUT2D eigenvalue weighted by atomic mass is 9.82. The zero-order valence-electron chi connectivity index (χ0n) is 11.4. The van der Waals surface area contributed by atoms with Gasteiger partial charge >= 0.3 is 0 Å². The van der Waals surface area contributed by atoms with Crippen molar-refractivity contribution in [3.8, 4) is 5.75 Å². The van der Waals surface area contributed by atoms with Crippen molar-refractivity contribution in [2.75, 3.05) is 0 Å². The van der Waals surface area contributed by atoms with Crippen LogP contribution in [-0.4, -0.2) is 11.9 Å². The second-order valence-electron chi connectivity index (χ2n) is 5.26. The van der Waals surface area contributed by atoms with Gasteiger partial charge in [0.1, 0.15) is 5.75 Å². The molecular weight excluding hydrogens is 212 g/mol. The Morgan fingerprint density at radius 3 is 2.18 bits per heavy atom. The maximum Gasteiger partial charge on any atom is 0.168 e. The summed E-state index contributed by atoms with van der Waals surface area (Å²) < 4.78 is 5.55. The lowest BCUT2D eigenvalue weighted by Crippen LogP contribution is -2.23. The van der Waals surface area contributed by atoms with E-state index in [-0.39, 0.29) is 17.3 Å². The number of benzene rings is 1. The van der Waals surface area contributed by atoms with Crippen molar-refractivity contribution in [2.45, 2.75) is 47.1 Å². The number of carbonyl (C=O) groups is 1. The van der Waals surface area contributed by atoms with Crippen molar-refractivity contribution in [1.29, 1.82) is 0 Å². The summed E-state index contributed by atoms with van der Waals surface area (Å²) in [4.78, 5) is 12.2. The molecular formula is C15H22O2. The fraction of sp³-hybridized carbons (Fsp3) is 0.533. The van der Waals surface area contributed by atoms with Gasteiger partial charge in [0.15, 0.2) is 5.78 Å². The van der Waals surface area contributed by atoms with E-state index in [1.165, 1.54) is 0 Å². The standard InChI is InChI=1S/C15H22O2/c1-6-15(4,5)14(16)12-7-9-13(10-8-12)17-11(2)3/h7-11H,6H2,1-5H3. The Kier molecular flexibility index (Phi) is 4.33. The molecule has 1 aromatic rings. The molecule has 1 aromatic carbocycles. The third-order valence-corrected chi connectivity index (χ3v) is 2.99. The zero-order valence-corrected chi connectivity index (χ0v) is 11.4. The fourth-order valence-electron chi connectivity index (χ4n) is 1.51. The van der Waals surface area contributed by atoms with E-state index in [1.54, 1.807) is 0 Å². The molecule has 0 aliphatic carbocycles. The van der Waals surface area contributed by atoms with E-state index in [0.717, 1.165) is 17.7 Å². The van der Waals surface area contributed by atoms with Crippen molar-refractivity contribution in [3.05, 3.63) is 29.8 Å². The topological polar surface area (TPSA) is 26.3 Å². The first-order valence-corrected chi connectivity index (χ1v) is 6.18. The van der Waals surface area contributed by atoms with E-state index in [0.29, 0.717) is 0 Å². The summed E-state index contributed by atoms with van der Waals surface area (Å²) in [7, 11) is 0. The molecule has 0 heterocycles. The second-order valence-corrected chi connectivity index (χ2v) is 5.26. The van der Waals surface area contributed by atoms with E-state index in [9.17, 15) is 4.79 Å². The van der Waals surface area contributed by atoms with Crippen LogP contribution in [0.2, 0.25) is 0 Å². The average Bonchev–Trinajstić information content (AvgIpc) is 2.28. The number of carbonyl (C=O) groups excluding carboxylic acids is 1. The van der Waals surface area contributed by atoms with Gasteiger partial charge in [-0.15, -0.1) is 0 Å². The summed E-state index contributed by atoms with van der Waals surface area (Å²) in [5.41, 5.74) is 0.466. The van der Waals surface area contributed by atoms with Crippen LogP contribution in [0.5, 0.6) is 5.75 Å². The minimum atomic E-state index is -0.291. The molecule has 0 fully saturated rings. The van der Waals surface area contributed by atoms with Crippen LogP contribution >= 0.6 is 0 Å². The molecule has 17 heavy (non-hydrogen) atoms. The molecule has 0 aliphatic heterocycles. The first-order valence-electron chi connectivity index (χ1n) is 6.18. The lowest BCUT2D eigenvalue weighted by Gasteiger charge is -2.21. The van der Waals surface area contributed by atoms with Crippen LogP contribution in [0.15, 0.2) is 24.3 Å². The highest BCUT2D eigenvalue weighted by molar-refractivity contribution is 6.00. The van der Waals surface area contributed by atoms with E-state index < -0.39 is 0 Å². The average molecular weight is 234 g/mol. The second kappa shape index (κ2) is 5.35. The van der Waals surface area contributed by atoms with E-state index in [4.69, 9.17) is 4.74 Å². The van der Waals surface area contributed by atoms with Gasteiger partial charge in [0.25, 0.3) is 0 Å². The predicted octanol–water partition coefficient (Wildman–Crippen LogP) is 4.09. The van der Waals surface area contributed by atoms with Gasteiger partial charge in [-0.25, -0.2) is 0 Å². The van der Waals surface area contributed by atoms with E-state index in [2.05, 4.69) is 0 Å². The van der Waals surface area contributed by atoms with Gasteiger partial charge in [-0.3, -0.25) is 4.79 Å². The first kappa shape index (κ1) is 13.8. The summed E-state index contributed by atoms with van der Waals surface area (Å²) in [6.07, 6.45) is 0.999. The van der Waals surface area contributed by atoms with Crippen LogP contribution in [0.3, 0.4) is 0 Å². The molecule has 0 radical (unpaired) electrons. The van der Waals surface area contributed by atoms with Gasteiger partial charge in [0.2, 0.25) is 0 Å². The predicted molar refractivity (Wildman–Crippen MR) is 70.6 cm³/mol. The van der Waals surface area contributed by atoms with Gasteiger partial charge in [-0.05, 0) is 44.5 Å². The molecule has 0 saturated heterocycles. The van der Waals surface area contributed by atoms with Gasteiger partial charge in [0.05, 0.1) is 6.10 Å². The molecule has 0 unspecified atom stereocenters. The molecule has 0 bridgehead atoms. The molecule has 0 N–H and O–H groups in total. The number of Topliss-reactive ketones (excluding diaryl/α,β-unsaturated/α-hetero) is 1. The van der Waals surface area contributed by atoms with Crippen LogP contribution < -0.4 is 4.74 Å². The Morgan fingerprint density at radius 2 is 1.76 bits per heavy atom. The monoisotopic (exact) mass is 234 g/mol. The molecule has 0 aliphatic rings. The molecule has 0 spiro atoms. The van der Waals surface area contributed by atoms with Crippen LogP contribution in [-0.2, 0) is 0 Å².